The minimum atomic E-state index is -3.50. The molecule has 0 heterocycles. The van der Waals surface area contributed by atoms with Crippen LogP contribution in [0.2, 0.25) is 0 Å². The van der Waals surface area contributed by atoms with E-state index in [1.165, 1.54) is 11.1 Å². The first kappa shape index (κ1) is 14.3. The van der Waals surface area contributed by atoms with Crippen LogP contribution in [0.4, 0.5) is 0 Å². The van der Waals surface area contributed by atoms with Crippen LogP contribution in [0, 0.1) is 0 Å². The number of benzene rings is 2. The number of nitrogens with one attached hydrogen (secondary N) is 1. The van der Waals surface area contributed by atoms with E-state index in [0.717, 1.165) is 18.4 Å². The maximum atomic E-state index is 12.5. The summed E-state index contributed by atoms with van der Waals surface area (Å²) in [7, 11) is -3.50. The zero-order valence-corrected chi connectivity index (χ0v) is 12.4. The molecule has 0 fully saturated rings. The monoisotopic (exact) mass is 302 g/mol. The molecule has 1 aliphatic carbocycles. The molecular formula is C16H18N2O2S. The van der Waals surface area contributed by atoms with Crippen molar-refractivity contribution >= 4 is 10.0 Å². The smallest absolute Gasteiger partial charge is 0.240 e. The first-order valence-electron chi connectivity index (χ1n) is 6.96. The van der Waals surface area contributed by atoms with Crippen LogP contribution in [0.5, 0.6) is 0 Å². The minimum Gasteiger partial charge on any atom is -0.326 e. The molecule has 3 rings (SSSR count). The lowest BCUT2D eigenvalue weighted by atomic mass is 10.1. The van der Waals surface area contributed by atoms with E-state index < -0.39 is 10.0 Å². The van der Waals surface area contributed by atoms with Gasteiger partial charge in [-0.3, -0.25) is 0 Å². The van der Waals surface area contributed by atoms with Crippen molar-refractivity contribution in [2.45, 2.75) is 30.3 Å². The van der Waals surface area contributed by atoms with Gasteiger partial charge in [-0.15, -0.1) is 0 Å². The third-order valence-corrected chi connectivity index (χ3v) is 5.34. The molecule has 0 radical (unpaired) electrons. The van der Waals surface area contributed by atoms with Gasteiger partial charge in [0, 0.05) is 12.6 Å². The fraction of sp³-hybridized carbons (Fsp3) is 0.250. The molecule has 0 unspecified atom stereocenters. The Hall–Kier alpha value is -1.69. The molecule has 5 heteroatoms. The highest BCUT2D eigenvalue weighted by Gasteiger charge is 2.26. The predicted octanol–water partition coefficient (Wildman–Crippen LogP) is 1.59. The second kappa shape index (κ2) is 5.60. The van der Waals surface area contributed by atoms with E-state index in [4.69, 9.17) is 5.73 Å². The first-order valence-corrected chi connectivity index (χ1v) is 8.45. The van der Waals surface area contributed by atoms with Gasteiger partial charge in [-0.25, -0.2) is 13.1 Å². The molecule has 0 atom stereocenters. The van der Waals surface area contributed by atoms with Crippen molar-refractivity contribution in [3.8, 4) is 0 Å². The molecule has 4 nitrogen and oxygen atoms in total. The van der Waals surface area contributed by atoms with E-state index in [1.807, 2.05) is 18.2 Å². The van der Waals surface area contributed by atoms with Crippen LogP contribution < -0.4 is 10.5 Å². The van der Waals surface area contributed by atoms with Crippen LogP contribution in [0.25, 0.3) is 0 Å². The standard InChI is InChI=1S/C16H18N2O2S/c17-11-12-4-3-7-16(8-12)21(19,20)18-15-9-13-5-1-2-6-14(13)10-15/h1-8,15,18H,9-11,17H2. The van der Waals surface area contributed by atoms with Crippen molar-refractivity contribution in [1.29, 1.82) is 0 Å². The van der Waals surface area contributed by atoms with Crippen molar-refractivity contribution in [3.05, 3.63) is 65.2 Å². The molecule has 3 N–H and O–H groups in total. The van der Waals surface area contributed by atoms with E-state index in [9.17, 15) is 8.42 Å². The van der Waals surface area contributed by atoms with Gasteiger partial charge in [0.1, 0.15) is 0 Å². The van der Waals surface area contributed by atoms with E-state index in [0.29, 0.717) is 6.54 Å². The van der Waals surface area contributed by atoms with Crippen LogP contribution in [0.15, 0.2) is 53.4 Å². The van der Waals surface area contributed by atoms with E-state index in [-0.39, 0.29) is 10.9 Å². The molecule has 0 spiro atoms. The van der Waals surface area contributed by atoms with Gasteiger partial charge in [-0.05, 0) is 41.7 Å². The Morgan fingerprint density at radius 1 is 1.05 bits per heavy atom. The van der Waals surface area contributed by atoms with Crippen molar-refractivity contribution in [1.82, 2.24) is 4.72 Å². The summed E-state index contributed by atoms with van der Waals surface area (Å²) in [5.74, 6) is 0. The van der Waals surface area contributed by atoms with E-state index in [2.05, 4.69) is 16.9 Å². The lowest BCUT2D eigenvalue weighted by molar-refractivity contribution is 0.555. The van der Waals surface area contributed by atoms with Crippen molar-refractivity contribution in [3.63, 3.8) is 0 Å². The Labute approximate surface area is 125 Å². The molecule has 0 aromatic heterocycles. The highest BCUT2D eigenvalue weighted by Crippen LogP contribution is 2.23. The molecule has 110 valence electrons. The van der Waals surface area contributed by atoms with Gasteiger partial charge < -0.3 is 5.73 Å². The topological polar surface area (TPSA) is 72.2 Å². The van der Waals surface area contributed by atoms with Gasteiger partial charge in [0.25, 0.3) is 0 Å². The summed E-state index contributed by atoms with van der Waals surface area (Å²) in [6, 6.07) is 14.8. The normalized spacial score (nSPS) is 15.1. The van der Waals surface area contributed by atoms with Gasteiger partial charge in [0.2, 0.25) is 10.0 Å². The van der Waals surface area contributed by atoms with Gasteiger partial charge in [-0.1, -0.05) is 36.4 Å². The van der Waals surface area contributed by atoms with Crippen molar-refractivity contribution < 1.29 is 8.42 Å². The van der Waals surface area contributed by atoms with Crippen LogP contribution in [-0.4, -0.2) is 14.5 Å². The number of nitrogens with two attached hydrogens (primary N) is 1. The quantitative estimate of drug-likeness (QED) is 0.901. The number of hydrogen-bond acceptors (Lipinski definition) is 3. The Morgan fingerprint density at radius 2 is 1.71 bits per heavy atom. The van der Waals surface area contributed by atoms with Crippen molar-refractivity contribution in [2.24, 2.45) is 5.73 Å². The van der Waals surface area contributed by atoms with Gasteiger partial charge >= 0.3 is 0 Å². The van der Waals surface area contributed by atoms with Crippen LogP contribution in [0.3, 0.4) is 0 Å². The fourth-order valence-corrected chi connectivity index (χ4v) is 4.08. The summed E-state index contributed by atoms with van der Waals surface area (Å²) < 4.78 is 27.7. The van der Waals surface area contributed by atoms with Gasteiger partial charge in [0.05, 0.1) is 4.90 Å². The maximum absolute atomic E-state index is 12.5. The molecule has 0 saturated heterocycles. The summed E-state index contributed by atoms with van der Waals surface area (Å²) >= 11 is 0. The minimum absolute atomic E-state index is 0.0751. The van der Waals surface area contributed by atoms with Gasteiger partial charge in [-0.2, -0.15) is 0 Å². The predicted molar refractivity (Wildman–Crippen MR) is 82.3 cm³/mol. The largest absolute Gasteiger partial charge is 0.326 e. The Kier molecular flexibility index (Phi) is 3.80. The highest BCUT2D eigenvalue weighted by atomic mass is 32.2. The fourth-order valence-electron chi connectivity index (χ4n) is 2.77. The number of hydrogen-bond donors (Lipinski definition) is 2. The molecule has 0 bridgehead atoms. The van der Waals surface area contributed by atoms with Crippen molar-refractivity contribution in [2.75, 3.05) is 0 Å². The van der Waals surface area contributed by atoms with E-state index >= 15 is 0 Å². The lowest BCUT2D eigenvalue weighted by Gasteiger charge is -2.13. The molecular weight excluding hydrogens is 284 g/mol. The molecule has 21 heavy (non-hydrogen) atoms. The third kappa shape index (κ3) is 3.00. The average Bonchev–Trinajstić information content (AvgIpc) is 2.88. The Balaban J connectivity index is 1.78. The first-order chi connectivity index (χ1) is 10.1. The number of rotatable bonds is 4. The summed E-state index contributed by atoms with van der Waals surface area (Å²) in [6.45, 7) is 0.332. The van der Waals surface area contributed by atoms with Crippen LogP contribution >= 0.6 is 0 Å². The summed E-state index contributed by atoms with van der Waals surface area (Å²) in [4.78, 5) is 0.279. The summed E-state index contributed by atoms with van der Waals surface area (Å²) in [6.07, 6.45) is 1.48. The third-order valence-electron chi connectivity index (χ3n) is 3.82. The average molecular weight is 302 g/mol. The molecule has 1 aliphatic rings. The molecule has 2 aromatic carbocycles. The maximum Gasteiger partial charge on any atom is 0.240 e. The summed E-state index contributed by atoms with van der Waals surface area (Å²) in [5, 5.41) is 0. The second-order valence-electron chi connectivity index (χ2n) is 5.35. The van der Waals surface area contributed by atoms with Crippen LogP contribution in [-0.2, 0) is 29.4 Å². The zero-order valence-electron chi connectivity index (χ0n) is 11.6. The van der Waals surface area contributed by atoms with Gasteiger partial charge in [0.15, 0.2) is 0 Å². The highest BCUT2D eigenvalue weighted by molar-refractivity contribution is 7.89. The SMILES string of the molecule is NCc1cccc(S(=O)(=O)NC2Cc3ccccc3C2)c1. The van der Waals surface area contributed by atoms with Crippen LogP contribution in [0.1, 0.15) is 16.7 Å². The molecule has 0 saturated carbocycles. The Bertz CT molecular complexity index is 731. The number of fused-ring (bicyclic) bond motifs is 1. The second-order valence-corrected chi connectivity index (χ2v) is 7.06. The summed E-state index contributed by atoms with van der Waals surface area (Å²) in [5.41, 5.74) is 8.83. The number of sulfonamides is 1. The lowest BCUT2D eigenvalue weighted by Crippen LogP contribution is -2.35. The molecule has 0 amide bonds. The Morgan fingerprint density at radius 3 is 2.33 bits per heavy atom. The van der Waals surface area contributed by atoms with E-state index in [1.54, 1.807) is 18.2 Å². The molecule has 0 aliphatic heterocycles. The molecule has 2 aromatic rings. The zero-order chi connectivity index (χ0) is 14.9.